The summed E-state index contributed by atoms with van der Waals surface area (Å²) in [6.45, 7) is 1.42. The number of halogens is 2. The second-order valence-electron chi connectivity index (χ2n) is 6.43. The summed E-state index contributed by atoms with van der Waals surface area (Å²) in [6.07, 6.45) is 3.16. The van der Waals surface area contributed by atoms with Crippen molar-refractivity contribution >= 4 is 29.9 Å². The summed E-state index contributed by atoms with van der Waals surface area (Å²) in [5, 5.41) is 6.30. The van der Waals surface area contributed by atoms with Gasteiger partial charge in [-0.25, -0.2) is 4.39 Å². The number of nitrogens with one attached hydrogen (secondary N) is 2. The van der Waals surface area contributed by atoms with Crippen LogP contribution >= 0.6 is 24.0 Å². The fraction of sp³-hybridized carbons (Fsp3) is 0.217. The van der Waals surface area contributed by atoms with Crippen molar-refractivity contribution in [1.82, 2.24) is 15.6 Å². The Bertz CT molecular complexity index is 988. The number of hydrogen-bond donors (Lipinski definition) is 2. The van der Waals surface area contributed by atoms with Crippen LogP contribution in [0, 0.1) is 5.82 Å². The Morgan fingerprint density at radius 1 is 1.03 bits per heavy atom. The summed E-state index contributed by atoms with van der Waals surface area (Å²) in [7, 11) is 3.29. The average molecular weight is 552 g/mol. The second kappa shape index (κ2) is 13.4. The molecule has 3 aromatic rings. The van der Waals surface area contributed by atoms with Gasteiger partial charge in [-0.15, -0.1) is 24.0 Å². The van der Waals surface area contributed by atoms with E-state index in [-0.39, 0.29) is 29.7 Å². The molecule has 9 heteroatoms. The number of aromatic nitrogens is 1. The van der Waals surface area contributed by atoms with Crippen molar-refractivity contribution in [3.05, 3.63) is 78.4 Å². The minimum absolute atomic E-state index is 0. The van der Waals surface area contributed by atoms with Crippen LogP contribution in [0.15, 0.2) is 72.0 Å². The minimum Gasteiger partial charge on any atom is -0.497 e. The van der Waals surface area contributed by atoms with E-state index in [0.717, 1.165) is 17.1 Å². The van der Waals surface area contributed by atoms with Crippen LogP contribution < -0.4 is 24.8 Å². The van der Waals surface area contributed by atoms with Crippen molar-refractivity contribution in [2.75, 3.05) is 27.3 Å². The van der Waals surface area contributed by atoms with E-state index in [4.69, 9.17) is 14.2 Å². The zero-order valence-corrected chi connectivity index (χ0v) is 20.2. The summed E-state index contributed by atoms with van der Waals surface area (Å²) in [5.41, 5.74) is 0.758. The van der Waals surface area contributed by atoms with Crippen molar-refractivity contribution < 1.29 is 18.6 Å². The summed E-state index contributed by atoms with van der Waals surface area (Å²) >= 11 is 0. The molecule has 0 saturated carbocycles. The summed E-state index contributed by atoms with van der Waals surface area (Å²) in [6, 6.07) is 15.6. The Balaban J connectivity index is 0.00000363. The topological polar surface area (TPSA) is 77.0 Å². The molecule has 1 heterocycles. The fourth-order valence-electron chi connectivity index (χ4n) is 2.69. The van der Waals surface area contributed by atoms with E-state index in [1.807, 2.05) is 24.3 Å². The zero-order chi connectivity index (χ0) is 21.9. The maximum absolute atomic E-state index is 14.4. The first-order valence-electron chi connectivity index (χ1n) is 9.75. The van der Waals surface area contributed by atoms with E-state index in [2.05, 4.69) is 20.6 Å². The lowest BCUT2D eigenvalue weighted by Crippen LogP contribution is -2.38. The van der Waals surface area contributed by atoms with Crippen LogP contribution in [0.1, 0.15) is 5.56 Å². The van der Waals surface area contributed by atoms with Gasteiger partial charge in [0.2, 0.25) is 0 Å². The Kier molecular flexibility index (Phi) is 10.5. The summed E-state index contributed by atoms with van der Waals surface area (Å²) < 4.78 is 30.7. The van der Waals surface area contributed by atoms with Gasteiger partial charge in [0.1, 0.15) is 23.9 Å². The Morgan fingerprint density at radius 2 is 1.81 bits per heavy atom. The highest BCUT2D eigenvalue weighted by Gasteiger charge is 2.07. The van der Waals surface area contributed by atoms with E-state index >= 15 is 0 Å². The van der Waals surface area contributed by atoms with E-state index < -0.39 is 5.82 Å². The van der Waals surface area contributed by atoms with Crippen LogP contribution in [-0.2, 0) is 6.54 Å². The lowest BCUT2D eigenvalue weighted by atomic mass is 10.2. The number of ether oxygens (including phenoxy) is 3. The third kappa shape index (κ3) is 7.88. The maximum Gasteiger partial charge on any atom is 0.191 e. The molecule has 0 radical (unpaired) electrons. The molecule has 0 saturated heterocycles. The number of methoxy groups -OCH3 is 1. The van der Waals surface area contributed by atoms with Gasteiger partial charge in [0.15, 0.2) is 17.5 Å². The van der Waals surface area contributed by atoms with E-state index in [1.165, 1.54) is 12.3 Å². The highest BCUT2D eigenvalue weighted by molar-refractivity contribution is 14.0. The zero-order valence-electron chi connectivity index (χ0n) is 17.9. The van der Waals surface area contributed by atoms with Crippen molar-refractivity contribution in [2.24, 2.45) is 4.99 Å². The van der Waals surface area contributed by atoms with E-state index in [9.17, 15) is 4.39 Å². The van der Waals surface area contributed by atoms with Crippen LogP contribution in [0.25, 0.3) is 0 Å². The van der Waals surface area contributed by atoms with Crippen molar-refractivity contribution in [2.45, 2.75) is 6.54 Å². The molecule has 7 nitrogen and oxygen atoms in total. The SMILES string of the molecule is CN=C(NCCOc1ccc(OC)cc1)NCc1ccc(Oc2cccnc2)c(F)c1.I. The van der Waals surface area contributed by atoms with Gasteiger partial charge in [0, 0.05) is 19.8 Å². The Hall–Kier alpha value is -3.08. The second-order valence-corrected chi connectivity index (χ2v) is 6.43. The van der Waals surface area contributed by atoms with Crippen LogP contribution in [0.2, 0.25) is 0 Å². The average Bonchev–Trinajstić information content (AvgIpc) is 2.81. The summed E-state index contributed by atoms with van der Waals surface area (Å²) in [4.78, 5) is 8.11. The van der Waals surface area contributed by atoms with Gasteiger partial charge in [-0.1, -0.05) is 6.07 Å². The predicted octanol–water partition coefficient (Wildman–Crippen LogP) is 4.38. The fourth-order valence-corrected chi connectivity index (χ4v) is 2.69. The molecular weight excluding hydrogens is 526 g/mol. The van der Waals surface area contributed by atoms with Gasteiger partial charge in [0.05, 0.1) is 19.9 Å². The first kappa shape index (κ1) is 25.2. The third-order valence-corrected chi connectivity index (χ3v) is 4.26. The summed E-state index contributed by atoms with van der Waals surface area (Å²) in [5.74, 6) is 2.31. The lowest BCUT2D eigenvalue weighted by molar-refractivity contribution is 0.321. The molecule has 170 valence electrons. The van der Waals surface area contributed by atoms with Crippen molar-refractivity contribution in [3.63, 3.8) is 0 Å². The van der Waals surface area contributed by atoms with Crippen LogP contribution in [0.4, 0.5) is 4.39 Å². The molecule has 0 atom stereocenters. The van der Waals surface area contributed by atoms with E-state index in [0.29, 0.717) is 31.4 Å². The van der Waals surface area contributed by atoms with Gasteiger partial charge >= 0.3 is 0 Å². The van der Waals surface area contributed by atoms with Gasteiger partial charge in [-0.2, -0.15) is 0 Å². The van der Waals surface area contributed by atoms with Crippen molar-refractivity contribution in [3.8, 4) is 23.0 Å². The number of pyridine rings is 1. The van der Waals surface area contributed by atoms with E-state index in [1.54, 1.807) is 44.6 Å². The molecule has 0 aliphatic carbocycles. The quantitative estimate of drug-likeness (QED) is 0.178. The van der Waals surface area contributed by atoms with Gasteiger partial charge in [0.25, 0.3) is 0 Å². The number of rotatable bonds is 9. The highest BCUT2D eigenvalue weighted by atomic mass is 127. The van der Waals surface area contributed by atoms with Gasteiger partial charge in [-0.3, -0.25) is 9.98 Å². The molecule has 0 spiro atoms. The molecule has 0 fully saturated rings. The molecule has 2 N–H and O–H groups in total. The highest BCUT2D eigenvalue weighted by Crippen LogP contribution is 2.24. The molecule has 2 aromatic carbocycles. The van der Waals surface area contributed by atoms with Crippen LogP contribution in [0.5, 0.6) is 23.0 Å². The normalized spacial score (nSPS) is 10.7. The number of nitrogens with zero attached hydrogens (tertiary/aromatic N) is 2. The number of benzene rings is 2. The Morgan fingerprint density at radius 3 is 2.47 bits per heavy atom. The molecule has 0 aliphatic heterocycles. The minimum atomic E-state index is -0.445. The molecule has 0 unspecified atom stereocenters. The standard InChI is InChI=1S/C23H25FN4O3.HI/c1-25-23(27-12-13-30-19-8-6-18(29-2)7-9-19)28-15-17-5-10-22(21(24)14-17)31-20-4-3-11-26-16-20;/h3-11,14,16H,12-13,15H2,1-2H3,(H2,25,27,28);1H. The molecule has 32 heavy (non-hydrogen) atoms. The molecular formula is C23H26FIN4O3. The van der Waals surface area contributed by atoms with Crippen LogP contribution in [0.3, 0.4) is 0 Å². The smallest absolute Gasteiger partial charge is 0.191 e. The number of aliphatic imine (C=N–C) groups is 1. The maximum atomic E-state index is 14.4. The lowest BCUT2D eigenvalue weighted by Gasteiger charge is -2.13. The Labute approximate surface area is 204 Å². The molecule has 0 aliphatic rings. The number of hydrogen-bond acceptors (Lipinski definition) is 5. The first-order valence-corrected chi connectivity index (χ1v) is 9.75. The molecule has 1 aromatic heterocycles. The third-order valence-electron chi connectivity index (χ3n) is 4.26. The number of guanidine groups is 1. The van der Waals surface area contributed by atoms with Gasteiger partial charge < -0.3 is 24.8 Å². The van der Waals surface area contributed by atoms with Crippen LogP contribution in [-0.4, -0.2) is 38.3 Å². The molecule has 0 amide bonds. The monoisotopic (exact) mass is 552 g/mol. The predicted molar refractivity (Wildman–Crippen MR) is 133 cm³/mol. The molecule has 0 bridgehead atoms. The first-order chi connectivity index (χ1) is 15.2. The largest absolute Gasteiger partial charge is 0.497 e. The van der Waals surface area contributed by atoms with Crippen molar-refractivity contribution in [1.29, 1.82) is 0 Å². The van der Waals surface area contributed by atoms with Gasteiger partial charge in [-0.05, 0) is 54.1 Å². The molecule has 3 rings (SSSR count).